The molecule has 1 aromatic rings. The third-order valence-corrected chi connectivity index (χ3v) is 6.91. The Kier molecular flexibility index (Phi) is 8.35. The van der Waals surface area contributed by atoms with E-state index in [4.69, 9.17) is 0 Å². The van der Waals surface area contributed by atoms with Gasteiger partial charge in [0.1, 0.15) is 6.10 Å². The summed E-state index contributed by atoms with van der Waals surface area (Å²) in [7, 11) is 0. The lowest BCUT2D eigenvalue weighted by Gasteiger charge is -2.32. The highest BCUT2D eigenvalue weighted by Crippen LogP contribution is 2.35. The quantitative estimate of drug-likeness (QED) is 0.620. The third kappa shape index (κ3) is 6.05. The van der Waals surface area contributed by atoms with Gasteiger partial charge in [-0.05, 0) is 30.2 Å². The largest absolute Gasteiger partial charge is 0.394 e. The number of aliphatic hydroxyl groups excluding tert-OH is 2. The molecule has 0 radical (unpaired) electrons. The average Bonchev–Trinajstić information content (AvgIpc) is 2.77. The van der Waals surface area contributed by atoms with Crippen molar-refractivity contribution in [1.82, 2.24) is 5.32 Å². The van der Waals surface area contributed by atoms with Gasteiger partial charge in [-0.1, -0.05) is 88.1 Å². The van der Waals surface area contributed by atoms with E-state index in [1.54, 1.807) is 0 Å². The van der Waals surface area contributed by atoms with Crippen LogP contribution in [0.25, 0.3) is 0 Å². The first kappa shape index (κ1) is 21.3. The molecule has 0 heterocycles. The first-order chi connectivity index (χ1) is 13.7. The predicted molar refractivity (Wildman–Crippen MR) is 112 cm³/mol. The van der Waals surface area contributed by atoms with Gasteiger partial charge in [0.2, 0.25) is 5.91 Å². The molecule has 4 atom stereocenters. The smallest absolute Gasteiger partial charge is 0.223 e. The number of aliphatic hydroxyl groups is 2. The molecule has 4 heteroatoms. The molecule has 2 fully saturated rings. The Hall–Kier alpha value is -1.39. The molecule has 4 nitrogen and oxygen atoms in total. The van der Waals surface area contributed by atoms with Crippen molar-refractivity contribution in [3.8, 4) is 0 Å². The SMILES string of the molecule is O=C(N[C@H](CO)[C@H](O)c1ccccc1)[C@@H]1CCC[C@H](CCC2CCCCC2)C1. The zero-order valence-corrected chi connectivity index (χ0v) is 17.1. The van der Waals surface area contributed by atoms with Gasteiger partial charge < -0.3 is 15.5 Å². The van der Waals surface area contributed by atoms with E-state index in [1.165, 1.54) is 51.4 Å². The van der Waals surface area contributed by atoms with Gasteiger partial charge in [0, 0.05) is 5.92 Å². The second-order valence-corrected chi connectivity index (χ2v) is 8.96. The minimum Gasteiger partial charge on any atom is -0.394 e. The fraction of sp³-hybridized carbons (Fsp3) is 0.708. The van der Waals surface area contributed by atoms with Crippen LogP contribution in [0.15, 0.2) is 30.3 Å². The van der Waals surface area contributed by atoms with Crippen molar-refractivity contribution < 1.29 is 15.0 Å². The molecule has 2 aliphatic carbocycles. The summed E-state index contributed by atoms with van der Waals surface area (Å²) in [6, 6.07) is 8.58. The summed E-state index contributed by atoms with van der Waals surface area (Å²) in [5.41, 5.74) is 0.718. The maximum absolute atomic E-state index is 12.8. The molecule has 0 unspecified atom stereocenters. The van der Waals surface area contributed by atoms with E-state index in [-0.39, 0.29) is 18.4 Å². The molecule has 0 spiro atoms. The van der Waals surface area contributed by atoms with E-state index in [1.807, 2.05) is 30.3 Å². The molecule has 156 valence electrons. The van der Waals surface area contributed by atoms with E-state index in [0.717, 1.165) is 30.7 Å². The number of carbonyl (C=O) groups excluding carboxylic acids is 1. The van der Waals surface area contributed by atoms with Crippen LogP contribution in [-0.2, 0) is 4.79 Å². The van der Waals surface area contributed by atoms with Crippen molar-refractivity contribution in [2.45, 2.75) is 82.8 Å². The molecule has 2 saturated carbocycles. The second kappa shape index (κ2) is 11.0. The molecule has 0 aromatic heterocycles. The maximum atomic E-state index is 12.8. The van der Waals surface area contributed by atoms with Crippen molar-refractivity contribution in [2.24, 2.45) is 17.8 Å². The Balaban J connectivity index is 1.48. The summed E-state index contributed by atoms with van der Waals surface area (Å²) in [5.74, 6) is 1.57. The third-order valence-electron chi connectivity index (χ3n) is 6.91. The van der Waals surface area contributed by atoms with Crippen LogP contribution >= 0.6 is 0 Å². The molecule has 0 saturated heterocycles. The number of carbonyl (C=O) groups is 1. The van der Waals surface area contributed by atoms with Crippen LogP contribution in [0, 0.1) is 17.8 Å². The van der Waals surface area contributed by atoms with Gasteiger partial charge >= 0.3 is 0 Å². The molecule has 3 N–H and O–H groups in total. The topological polar surface area (TPSA) is 69.6 Å². The minimum atomic E-state index is -0.888. The average molecular weight is 388 g/mol. The fourth-order valence-corrected chi connectivity index (χ4v) is 5.15. The Labute approximate surface area is 169 Å². The number of hydrogen-bond acceptors (Lipinski definition) is 3. The van der Waals surface area contributed by atoms with E-state index < -0.39 is 12.1 Å². The summed E-state index contributed by atoms with van der Waals surface area (Å²) < 4.78 is 0. The number of hydrogen-bond donors (Lipinski definition) is 3. The van der Waals surface area contributed by atoms with Crippen molar-refractivity contribution in [1.29, 1.82) is 0 Å². The predicted octanol–water partition coefficient (Wildman–Crippen LogP) is 4.36. The molecule has 3 rings (SSSR count). The van der Waals surface area contributed by atoms with Gasteiger partial charge in [0.15, 0.2) is 0 Å². The zero-order valence-electron chi connectivity index (χ0n) is 17.1. The summed E-state index contributed by atoms with van der Waals surface area (Å²) in [6.07, 6.45) is 12.9. The van der Waals surface area contributed by atoms with Gasteiger partial charge in [-0.2, -0.15) is 0 Å². The van der Waals surface area contributed by atoms with Crippen LogP contribution in [-0.4, -0.2) is 28.8 Å². The maximum Gasteiger partial charge on any atom is 0.223 e. The lowest BCUT2D eigenvalue weighted by molar-refractivity contribution is -0.128. The first-order valence-corrected chi connectivity index (χ1v) is 11.3. The van der Waals surface area contributed by atoms with E-state index >= 15 is 0 Å². The first-order valence-electron chi connectivity index (χ1n) is 11.3. The second-order valence-electron chi connectivity index (χ2n) is 8.96. The van der Waals surface area contributed by atoms with Crippen LogP contribution in [0.2, 0.25) is 0 Å². The van der Waals surface area contributed by atoms with E-state index in [0.29, 0.717) is 5.92 Å². The fourth-order valence-electron chi connectivity index (χ4n) is 5.15. The van der Waals surface area contributed by atoms with Crippen LogP contribution in [0.3, 0.4) is 0 Å². The van der Waals surface area contributed by atoms with Crippen molar-refractivity contribution in [3.05, 3.63) is 35.9 Å². The number of amides is 1. The standard InChI is InChI=1S/C24H37NO3/c26-17-22(23(27)20-11-5-2-6-12-20)25-24(28)21-13-7-10-19(16-21)15-14-18-8-3-1-4-9-18/h2,5-6,11-12,18-19,21-23,26-27H,1,3-4,7-10,13-17H2,(H,25,28)/t19-,21-,22-,23-/m1/s1. The number of benzene rings is 1. The molecule has 1 aromatic carbocycles. The number of nitrogens with one attached hydrogen (secondary N) is 1. The van der Waals surface area contributed by atoms with Crippen LogP contribution in [0.1, 0.15) is 82.3 Å². The monoisotopic (exact) mass is 387 g/mol. The lowest BCUT2D eigenvalue weighted by Crippen LogP contribution is -2.45. The highest BCUT2D eigenvalue weighted by Gasteiger charge is 2.30. The Morgan fingerprint density at radius 2 is 1.64 bits per heavy atom. The Morgan fingerprint density at radius 1 is 0.964 bits per heavy atom. The van der Waals surface area contributed by atoms with E-state index in [2.05, 4.69) is 5.32 Å². The molecule has 0 bridgehead atoms. The van der Waals surface area contributed by atoms with Crippen molar-refractivity contribution >= 4 is 5.91 Å². The van der Waals surface area contributed by atoms with Crippen molar-refractivity contribution in [3.63, 3.8) is 0 Å². The molecular weight excluding hydrogens is 350 g/mol. The van der Waals surface area contributed by atoms with Gasteiger partial charge in [0.25, 0.3) is 0 Å². The highest BCUT2D eigenvalue weighted by molar-refractivity contribution is 5.79. The summed E-state index contributed by atoms with van der Waals surface area (Å²) in [4.78, 5) is 12.8. The summed E-state index contributed by atoms with van der Waals surface area (Å²) >= 11 is 0. The van der Waals surface area contributed by atoms with Gasteiger partial charge in [-0.25, -0.2) is 0 Å². The molecule has 0 aliphatic heterocycles. The van der Waals surface area contributed by atoms with Crippen LogP contribution in [0.5, 0.6) is 0 Å². The molecule has 1 amide bonds. The summed E-state index contributed by atoms with van der Waals surface area (Å²) in [6.45, 7) is -0.264. The number of rotatable bonds is 8. The molecular formula is C24H37NO3. The normalized spacial score (nSPS) is 25.8. The molecule has 28 heavy (non-hydrogen) atoms. The van der Waals surface area contributed by atoms with Gasteiger partial charge in [-0.15, -0.1) is 0 Å². The minimum absolute atomic E-state index is 0.00334. The highest BCUT2D eigenvalue weighted by atomic mass is 16.3. The Bertz CT molecular complexity index is 585. The zero-order chi connectivity index (χ0) is 19.8. The van der Waals surface area contributed by atoms with Gasteiger partial charge in [-0.3, -0.25) is 4.79 Å². The Morgan fingerprint density at radius 3 is 2.36 bits per heavy atom. The molecule has 2 aliphatic rings. The van der Waals surface area contributed by atoms with Crippen LogP contribution in [0.4, 0.5) is 0 Å². The summed E-state index contributed by atoms with van der Waals surface area (Å²) in [5, 5.41) is 23.2. The van der Waals surface area contributed by atoms with Crippen molar-refractivity contribution in [2.75, 3.05) is 6.61 Å². The van der Waals surface area contributed by atoms with Crippen LogP contribution < -0.4 is 5.32 Å². The van der Waals surface area contributed by atoms with Gasteiger partial charge in [0.05, 0.1) is 12.6 Å². The van der Waals surface area contributed by atoms with E-state index in [9.17, 15) is 15.0 Å². The lowest BCUT2D eigenvalue weighted by atomic mass is 9.76.